The molecule has 3 atom stereocenters. The van der Waals surface area contributed by atoms with Gasteiger partial charge in [-0.05, 0) is 43.9 Å². The summed E-state index contributed by atoms with van der Waals surface area (Å²) in [5, 5.41) is 12.1. The maximum Gasteiger partial charge on any atom is 0.149 e. The van der Waals surface area contributed by atoms with Crippen LogP contribution in [0, 0.1) is 17.8 Å². The van der Waals surface area contributed by atoms with E-state index in [0.29, 0.717) is 18.1 Å². The molecule has 25 heavy (non-hydrogen) atoms. The van der Waals surface area contributed by atoms with E-state index in [2.05, 4.69) is 17.1 Å². The van der Waals surface area contributed by atoms with Crippen LogP contribution in [0.4, 0.5) is 0 Å². The van der Waals surface area contributed by atoms with E-state index < -0.39 is 0 Å². The summed E-state index contributed by atoms with van der Waals surface area (Å²) in [6.07, 6.45) is 15.5. The second kappa shape index (κ2) is 9.89. The first kappa shape index (κ1) is 19.1. The summed E-state index contributed by atoms with van der Waals surface area (Å²) in [5.74, 6) is 2.77. The van der Waals surface area contributed by atoms with Crippen LogP contribution in [-0.2, 0) is 4.79 Å². The highest BCUT2D eigenvalue weighted by Gasteiger charge is 2.32. The number of hydrogen-bond acceptors (Lipinski definition) is 5. The molecular formula is C20H29NO2S2. The van der Waals surface area contributed by atoms with Crippen molar-refractivity contribution in [3.05, 3.63) is 23.7 Å². The van der Waals surface area contributed by atoms with Crippen LogP contribution in [0.25, 0.3) is 0 Å². The lowest BCUT2D eigenvalue weighted by molar-refractivity contribution is -0.121. The van der Waals surface area contributed by atoms with Gasteiger partial charge in [-0.25, -0.2) is 4.98 Å². The minimum absolute atomic E-state index is 0.163. The number of aromatic nitrogens is 1. The first-order valence-electron chi connectivity index (χ1n) is 9.62. The van der Waals surface area contributed by atoms with Crippen molar-refractivity contribution >= 4 is 28.9 Å². The molecule has 0 amide bonds. The number of nitrogens with zero attached hydrogens (tertiary/aromatic N) is 1. The summed E-state index contributed by atoms with van der Waals surface area (Å²) in [6.45, 7) is 0. The van der Waals surface area contributed by atoms with E-state index >= 15 is 0 Å². The zero-order valence-corrected chi connectivity index (χ0v) is 16.4. The van der Waals surface area contributed by atoms with Gasteiger partial charge >= 0.3 is 0 Å². The molecule has 3 rings (SSSR count). The van der Waals surface area contributed by atoms with Crippen molar-refractivity contribution in [2.45, 2.75) is 68.2 Å². The summed E-state index contributed by atoms with van der Waals surface area (Å²) in [4.78, 5) is 16.5. The average molecular weight is 380 g/mol. The molecule has 0 spiro atoms. The second-order valence-corrected chi connectivity index (χ2v) is 9.64. The van der Waals surface area contributed by atoms with Crippen molar-refractivity contribution in [1.29, 1.82) is 0 Å². The maximum absolute atomic E-state index is 12.2. The predicted molar refractivity (Wildman–Crippen MR) is 105 cm³/mol. The van der Waals surface area contributed by atoms with Crippen molar-refractivity contribution in [3.63, 3.8) is 0 Å². The van der Waals surface area contributed by atoms with Gasteiger partial charge < -0.3 is 5.11 Å². The molecule has 2 saturated carbocycles. The van der Waals surface area contributed by atoms with E-state index in [1.807, 2.05) is 11.6 Å². The molecular weight excluding hydrogens is 350 g/mol. The molecule has 1 aromatic rings. The molecule has 0 unspecified atom stereocenters. The number of carbonyl (C=O) groups is 1. The van der Waals surface area contributed by atoms with Crippen LogP contribution in [0.5, 0.6) is 0 Å². The quantitative estimate of drug-likeness (QED) is 0.453. The Hall–Kier alpha value is -0.650. The molecule has 0 aliphatic heterocycles. The Labute approximate surface area is 159 Å². The van der Waals surface area contributed by atoms with Crippen molar-refractivity contribution < 1.29 is 9.90 Å². The number of carbonyl (C=O) groups excluding carboxylic acids is 1. The zero-order chi connectivity index (χ0) is 17.5. The number of aliphatic hydroxyl groups is 1. The van der Waals surface area contributed by atoms with Crippen molar-refractivity contribution in [2.24, 2.45) is 17.8 Å². The van der Waals surface area contributed by atoms with E-state index in [-0.39, 0.29) is 12.0 Å². The number of thiazole rings is 1. The summed E-state index contributed by atoms with van der Waals surface area (Å²) in [6, 6.07) is 0. The summed E-state index contributed by atoms with van der Waals surface area (Å²) >= 11 is 3.42. The lowest BCUT2D eigenvalue weighted by Crippen LogP contribution is -2.15. The second-order valence-electron chi connectivity index (χ2n) is 7.40. The largest absolute Gasteiger partial charge is 0.393 e. The molecule has 1 aromatic heterocycles. The van der Waals surface area contributed by atoms with Crippen molar-refractivity contribution in [1.82, 2.24) is 4.98 Å². The Bertz CT molecular complexity index is 554. The van der Waals surface area contributed by atoms with Crippen LogP contribution < -0.4 is 0 Å². The van der Waals surface area contributed by atoms with Gasteiger partial charge in [0.2, 0.25) is 0 Å². The lowest BCUT2D eigenvalue weighted by Gasteiger charge is -2.25. The third-order valence-electron chi connectivity index (χ3n) is 5.64. The fraction of sp³-hybridized carbons (Fsp3) is 0.700. The third kappa shape index (κ3) is 5.93. The van der Waals surface area contributed by atoms with Crippen LogP contribution in [-0.4, -0.2) is 27.7 Å². The number of rotatable bonds is 10. The number of ketones is 1. The molecule has 0 radical (unpaired) electrons. The van der Waals surface area contributed by atoms with Gasteiger partial charge in [-0.2, -0.15) is 0 Å². The Morgan fingerprint density at radius 1 is 1.36 bits per heavy atom. The van der Waals surface area contributed by atoms with Crippen molar-refractivity contribution in [3.8, 4) is 0 Å². The maximum atomic E-state index is 12.2. The molecule has 1 N–H and O–H groups in total. The first-order chi connectivity index (χ1) is 12.2. The SMILES string of the molecule is O=C1CC[C@H](C=CC[C@@H](O)CCC2CCC2)[C@H]1CCSc1nccs1. The van der Waals surface area contributed by atoms with Gasteiger partial charge in [-0.3, -0.25) is 4.79 Å². The minimum atomic E-state index is -0.215. The highest BCUT2D eigenvalue weighted by atomic mass is 32.2. The fourth-order valence-corrected chi connectivity index (χ4v) is 5.56. The Morgan fingerprint density at radius 3 is 2.96 bits per heavy atom. The molecule has 1 heterocycles. The molecule has 2 aliphatic carbocycles. The van der Waals surface area contributed by atoms with Crippen molar-refractivity contribution in [2.75, 3.05) is 5.75 Å². The summed E-state index contributed by atoms with van der Waals surface area (Å²) in [5.41, 5.74) is 0. The molecule has 2 aliphatic rings. The molecule has 0 bridgehead atoms. The molecule has 138 valence electrons. The Balaban J connectivity index is 1.37. The van der Waals surface area contributed by atoms with E-state index in [0.717, 1.165) is 41.7 Å². The van der Waals surface area contributed by atoms with Gasteiger partial charge in [0, 0.05) is 29.7 Å². The summed E-state index contributed by atoms with van der Waals surface area (Å²) < 4.78 is 1.09. The smallest absolute Gasteiger partial charge is 0.149 e. The molecule has 0 saturated heterocycles. The van der Waals surface area contributed by atoms with Gasteiger partial charge in [0.15, 0.2) is 0 Å². The van der Waals surface area contributed by atoms with Gasteiger partial charge in [0.05, 0.1) is 6.10 Å². The van der Waals surface area contributed by atoms with Crippen LogP contribution in [0.2, 0.25) is 0 Å². The van der Waals surface area contributed by atoms with Gasteiger partial charge in [-0.1, -0.05) is 43.2 Å². The van der Waals surface area contributed by atoms with Gasteiger partial charge in [0.25, 0.3) is 0 Å². The minimum Gasteiger partial charge on any atom is -0.393 e. The summed E-state index contributed by atoms with van der Waals surface area (Å²) in [7, 11) is 0. The highest BCUT2D eigenvalue weighted by molar-refractivity contribution is 8.00. The topological polar surface area (TPSA) is 50.2 Å². The van der Waals surface area contributed by atoms with E-state index in [4.69, 9.17) is 0 Å². The zero-order valence-electron chi connectivity index (χ0n) is 14.8. The first-order valence-corrected chi connectivity index (χ1v) is 11.5. The Morgan fingerprint density at radius 2 is 2.24 bits per heavy atom. The third-order valence-corrected chi connectivity index (χ3v) is 7.64. The molecule has 0 aromatic carbocycles. The monoisotopic (exact) mass is 379 g/mol. The number of aliphatic hydroxyl groups excluding tert-OH is 1. The highest BCUT2D eigenvalue weighted by Crippen LogP contribution is 2.35. The van der Waals surface area contributed by atoms with Crippen LogP contribution >= 0.6 is 23.1 Å². The predicted octanol–water partition coefficient (Wildman–Crippen LogP) is 5.11. The molecule has 2 fully saturated rings. The number of hydrogen-bond donors (Lipinski definition) is 1. The average Bonchev–Trinajstić information content (AvgIpc) is 3.18. The number of thioether (sulfide) groups is 1. The van der Waals surface area contributed by atoms with E-state index in [1.54, 1.807) is 23.1 Å². The van der Waals surface area contributed by atoms with Gasteiger partial charge in [0.1, 0.15) is 10.1 Å². The standard InChI is InChI=1S/C20H29NO2S2/c22-17(9-7-15-3-1-4-15)6-2-5-16-8-10-19(23)18(16)11-13-24-20-21-12-14-25-20/h2,5,12,14-18,22H,1,3-4,6-11,13H2/t16-,17+,18+/m0/s1. The van der Waals surface area contributed by atoms with E-state index in [9.17, 15) is 9.90 Å². The normalized spacial score (nSPS) is 25.6. The van der Waals surface area contributed by atoms with Crippen LogP contribution in [0.1, 0.15) is 57.8 Å². The Kier molecular flexibility index (Phi) is 7.56. The van der Waals surface area contributed by atoms with Crippen LogP contribution in [0.15, 0.2) is 28.1 Å². The lowest BCUT2D eigenvalue weighted by atomic mass is 9.81. The molecule has 3 nitrogen and oxygen atoms in total. The van der Waals surface area contributed by atoms with E-state index in [1.165, 1.54) is 25.7 Å². The van der Waals surface area contributed by atoms with Crippen LogP contribution in [0.3, 0.4) is 0 Å². The number of allylic oxidation sites excluding steroid dienone is 1. The fourth-order valence-electron chi connectivity index (χ4n) is 3.83. The number of Topliss-reactive ketones (excluding diaryl/α,β-unsaturated/α-hetero) is 1. The molecule has 5 heteroatoms. The van der Waals surface area contributed by atoms with Gasteiger partial charge in [-0.15, -0.1) is 11.3 Å².